The summed E-state index contributed by atoms with van der Waals surface area (Å²) >= 11 is 9.26. The Hall–Kier alpha value is 1.02. The van der Waals surface area contributed by atoms with Crippen LogP contribution in [0.1, 0.15) is 80.5 Å². The van der Waals surface area contributed by atoms with Gasteiger partial charge in [-0.15, -0.1) is 0 Å². The second kappa shape index (κ2) is 23.1. The van der Waals surface area contributed by atoms with E-state index in [0.29, 0.717) is 25.0 Å². The van der Waals surface area contributed by atoms with Crippen LogP contribution in [-0.4, -0.2) is 23.6 Å². The molecule has 2 atom stereocenters. The Labute approximate surface area is 210 Å². The Kier molecular flexibility index (Phi) is 28.3. The Bertz CT molecular complexity index is 298. The molecule has 0 rings (SSSR count). The van der Waals surface area contributed by atoms with E-state index in [0.717, 1.165) is 12.8 Å². The van der Waals surface area contributed by atoms with Crippen molar-refractivity contribution >= 4 is 34.8 Å². The molecule has 25 heavy (non-hydrogen) atoms. The number of hydrogen-bond donors (Lipinski definition) is 2. The second-order valence-corrected chi connectivity index (χ2v) is 6.90. The van der Waals surface area contributed by atoms with Gasteiger partial charge in [0.15, 0.2) is 0 Å². The predicted molar refractivity (Wildman–Crippen MR) is 113 cm³/mol. The van der Waals surface area contributed by atoms with Crippen LogP contribution in [0.4, 0.5) is 0 Å². The fourth-order valence-corrected chi connectivity index (χ4v) is 2.33. The Morgan fingerprint density at radius 2 is 1.12 bits per heavy atom. The largest absolute Gasteiger partial charge is 1.00 e. The van der Waals surface area contributed by atoms with Gasteiger partial charge in [-0.25, -0.2) is 0 Å². The summed E-state index contributed by atoms with van der Waals surface area (Å²) in [4.78, 5) is 0. The molecule has 2 unspecified atom stereocenters. The zero-order valence-electron chi connectivity index (χ0n) is 18.0. The standard InChI is InChI=1S/2C9H19NOS.K.H/c2*1-3-5-6-8(4-2)7-11-9(10)12;;/h2*8H,3-7H2,1-2H3,(H2,10,12);;/q;;+1;-1. The second-order valence-electron chi connectivity index (χ2n) is 6.09. The van der Waals surface area contributed by atoms with E-state index in [9.17, 15) is 0 Å². The first-order chi connectivity index (χ1) is 11.4. The molecule has 0 heterocycles. The molecule has 0 radical (unpaired) electrons. The molecule has 0 aromatic rings. The third-order valence-electron chi connectivity index (χ3n) is 4.01. The summed E-state index contributed by atoms with van der Waals surface area (Å²) in [7, 11) is 0. The number of ether oxygens (including phenoxy) is 2. The summed E-state index contributed by atoms with van der Waals surface area (Å²) in [5.74, 6) is 1.23. The average Bonchev–Trinajstić information content (AvgIpc) is 2.55. The van der Waals surface area contributed by atoms with Crippen LogP contribution in [0, 0.1) is 11.8 Å². The molecule has 0 bridgehead atoms. The smallest absolute Gasteiger partial charge is 1.00 e. The molecule has 0 aliphatic carbocycles. The quantitative estimate of drug-likeness (QED) is 0.373. The first-order valence-electron chi connectivity index (χ1n) is 9.25. The van der Waals surface area contributed by atoms with Crippen LogP contribution in [0.15, 0.2) is 0 Å². The van der Waals surface area contributed by atoms with Crippen LogP contribution < -0.4 is 62.9 Å². The number of hydrogen-bond acceptors (Lipinski definition) is 4. The van der Waals surface area contributed by atoms with Crippen LogP contribution in [0.5, 0.6) is 0 Å². The first kappa shape index (κ1) is 30.7. The Morgan fingerprint density at radius 3 is 1.32 bits per heavy atom. The van der Waals surface area contributed by atoms with Crippen LogP contribution in [0.2, 0.25) is 0 Å². The molecule has 0 saturated heterocycles. The molecular formula is C18H39KN2O2S2. The van der Waals surface area contributed by atoms with Crippen LogP contribution in [0.25, 0.3) is 0 Å². The normalized spacial score (nSPS) is 12.0. The molecule has 4 N–H and O–H groups in total. The van der Waals surface area contributed by atoms with Crippen LogP contribution in [-0.2, 0) is 9.47 Å². The van der Waals surface area contributed by atoms with Crippen LogP contribution in [0.3, 0.4) is 0 Å². The van der Waals surface area contributed by atoms with Crippen molar-refractivity contribution in [2.45, 2.75) is 79.1 Å². The van der Waals surface area contributed by atoms with Crippen molar-refractivity contribution in [3.63, 3.8) is 0 Å². The van der Waals surface area contributed by atoms with Crippen molar-refractivity contribution in [3.05, 3.63) is 0 Å². The van der Waals surface area contributed by atoms with Gasteiger partial charge >= 0.3 is 51.4 Å². The number of unbranched alkanes of at least 4 members (excludes halogenated alkanes) is 2. The minimum atomic E-state index is 0. The molecule has 4 nitrogen and oxygen atoms in total. The van der Waals surface area contributed by atoms with Crippen molar-refractivity contribution in [1.29, 1.82) is 0 Å². The molecule has 0 aromatic carbocycles. The molecule has 0 aliphatic rings. The van der Waals surface area contributed by atoms with Crippen molar-refractivity contribution in [1.82, 2.24) is 0 Å². The average molecular weight is 419 g/mol. The maximum atomic E-state index is 5.23. The van der Waals surface area contributed by atoms with E-state index in [4.69, 9.17) is 20.9 Å². The van der Waals surface area contributed by atoms with Gasteiger partial charge in [-0.1, -0.05) is 66.2 Å². The maximum Gasteiger partial charge on any atom is 1.00 e. The number of rotatable bonds is 12. The third kappa shape index (κ3) is 25.0. The van der Waals surface area contributed by atoms with Gasteiger partial charge < -0.3 is 22.4 Å². The molecule has 7 heteroatoms. The summed E-state index contributed by atoms with van der Waals surface area (Å²) < 4.78 is 10.2. The van der Waals surface area contributed by atoms with E-state index < -0.39 is 0 Å². The molecular weight excluding hydrogens is 379 g/mol. The van der Waals surface area contributed by atoms with Gasteiger partial charge in [0.1, 0.15) is 0 Å². The van der Waals surface area contributed by atoms with Gasteiger partial charge in [-0.2, -0.15) is 0 Å². The van der Waals surface area contributed by atoms with E-state index in [1.165, 1.54) is 38.5 Å². The van der Waals surface area contributed by atoms with E-state index in [1.807, 2.05) is 0 Å². The van der Waals surface area contributed by atoms with Crippen molar-refractivity contribution in [2.75, 3.05) is 13.2 Å². The fraction of sp³-hybridized carbons (Fsp3) is 0.889. The summed E-state index contributed by atoms with van der Waals surface area (Å²) in [5, 5.41) is 0.342. The van der Waals surface area contributed by atoms with Gasteiger partial charge in [-0.05, 0) is 49.1 Å². The minimum Gasteiger partial charge on any atom is -1.00 e. The zero-order chi connectivity index (χ0) is 18.8. The van der Waals surface area contributed by atoms with Crippen molar-refractivity contribution < 1.29 is 62.3 Å². The first-order valence-corrected chi connectivity index (χ1v) is 10.1. The molecule has 0 spiro atoms. The van der Waals surface area contributed by atoms with Gasteiger partial charge in [0.25, 0.3) is 10.3 Å². The summed E-state index contributed by atoms with van der Waals surface area (Å²) in [5.41, 5.74) is 10.5. The molecule has 0 aliphatic heterocycles. The predicted octanol–water partition coefficient (Wildman–Crippen LogP) is 2.04. The van der Waals surface area contributed by atoms with Gasteiger partial charge in [0, 0.05) is 0 Å². The topological polar surface area (TPSA) is 70.5 Å². The number of nitrogens with two attached hydrogens (primary N) is 2. The van der Waals surface area contributed by atoms with E-state index in [-0.39, 0.29) is 63.2 Å². The third-order valence-corrected chi connectivity index (χ3v) is 4.24. The summed E-state index contributed by atoms with van der Waals surface area (Å²) in [6, 6.07) is 0. The van der Waals surface area contributed by atoms with E-state index in [1.54, 1.807) is 0 Å². The van der Waals surface area contributed by atoms with Crippen molar-refractivity contribution in [3.8, 4) is 0 Å². The molecule has 0 fully saturated rings. The molecule has 0 aromatic heterocycles. The Balaban J connectivity index is -0.000000173. The molecule has 0 saturated carbocycles. The minimum absolute atomic E-state index is 0. The van der Waals surface area contributed by atoms with Gasteiger partial charge in [0.2, 0.25) is 0 Å². The zero-order valence-corrected chi connectivity index (χ0v) is 21.8. The molecule has 146 valence electrons. The number of thiocarbonyl (C=S) groups is 2. The van der Waals surface area contributed by atoms with E-state index >= 15 is 0 Å². The molecule has 0 amide bonds. The SMILES string of the molecule is CCCCC(CC)COC(N)=S.CCCCC(CC)COC(N)=S.[H-].[K+]. The summed E-state index contributed by atoms with van der Waals surface area (Å²) in [6.07, 6.45) is 9.72. The maximum absolute atomic E-state index is 5.23. The van der Waals surface area contributed by atoms with Crippen molar-refractivity contribution in [2.24, 2.45) is 23.3 Å². The van der Waals surface area contributed by atoms with Gasteiger partial charge in [-0.3, -0.25) is 0 Å². The van der Waals surface area contributed by atoms with Gasteiger partial charge in [0.05, 0.1) is 13.2 Å². The Morgan fingerprint density at radius 1 is 0.800 bits per heavy atom. The van der Waals surface area contributed by atoms with Crippen LogP contribution >= 0.6 is 24.4 Å². The summed E-state index contributed by atoms with van der Waals surface area (Å²) in [6.45, 7) is 10.1. The monoisotopic (exact) mass is 418 g/mol. The fourth-order valence-electron chi connectivity index (χ4n) is 2.20. The van der Waals surface area contributed by atoms with E-state index in [2.05, 4.69) is 52.1 Å².